The fourth-order valence-electron chi connectivity index (χ4n) is 3.79. The molecular weight excluding hydrogens is 722 g/mol. The maximum absolute atomic E-state index is 10.9. The van der Waals surface area contributed by atoms with Crippen LogP contribution in [0, 0.1) is 20.2 Å². The summed E-state index contributed by atoms with van der Waals surface area (Å²) in [5.74, 6) is 0. The van der Waals surface area contributed by atoms with Crippen LogP contribution in [0.3, 0.4) is 0 Å². The summed E-state index contributed by atoms with van der Waals surface area (Å²) in [6, 6.07) is 13.8. The van der Waals surface area contributed by atoms with Crippen molar-refractivity contribution in [3.05, 3.63) is 100.0 Å². The Bertz CT molecular complexity index is 1140. The molecule has 3 aromatic carbocycles. The van der Waals surface area contributed by atoms with Crippen LogP contribution in [-0.4, -0.2) is 39.8 Å². The molecule has 0 saturated heterocycles. The Labute approximate surface area is 240 Å². The van der Waals surface area contributed by atoms with Crippen molar-refractivity contribution in [2.24, 2.45) is 0 Å². The summed E-state index contributed by atoms with van der Waals surface area (Å²) in [7, 11) is 0. The van der Waals surface area contributed by atoms with Crippen LogP contribution >= 0.6 is 31.9 Å². The van der Waals surface area contributed by atoms with Crippen molar-refractivity contribution in [3.63, 3.8) is 0 Å². The van der Waals surface area contributed by atoms with E-state index in [2.05, 4.69) is 45.7 Å². The molecule has 3 aromatic rings. The summed E-state index contributed by atoms with van der Waals surface area (Å²) < 4.78 is 5.29. The topological polar surface area (TPSA) is 86.3 Å². The molecule has 190 valence electrons. The monoisotopic (exact) mass is 748 g/mol. The Morgan fingerprint density at radius 1 is 0.667 bits per heavy atom. The van der Waals surface area contributed by atoms with Crippen molar-refractivity contribution in [2.75, 3.05) is 0 Å². The second-order valence-corrected chi connectivity index (χ2v) is 14.2. The summed E-state index contributed by atoms with van der Waals surface area (Å²) in [6.07, 6.45) is 3.68. The minimum atomic E-state index is -0.363. The van der Waals surface area contributed by atoms with E-state index in [0.29, 0.717) is 0 Å². The standard InChI is InChI=1S/C26H26Br2N2O4Se2/c1-3-21-23(27)24(28)22(4-2)26(36-16-14-18-7-11-20(12-8-18)30(33)34)25(21)35-15-13-17-5-9-19(10-6-17)29(31)32/h5-12H,3-4,13-16H2,1-2H3. The minimum absolute atomic E-state index is 0.125. The normalized spacial score (nSPS) is 11.0. The summed E-state index contributed by atoms with van der Waals surface area (Å²) in [5.41, 5.74) is 5.24. The third-order valence-corrected chi connectivity index (χ3v) is 13.5. The van der Waals surface area contributed by atoms with Crippen LogP contribution in [0.2, 0.25) is 10.6 Å². The van der Waals surface area contributed by atoms with Crippen molar-refractivity contribution in [3.8, 4) is 0 Å². The summed E-state index contributed by atoms with van der Waals surface area (Å²) >= 11 is 8.24. The van der Waals surface area contributed by atoms with Crippen LogP contribution in [0.1, 0.15) is 36.1 Å². The van der Waals surface area contributed by atoms with Gasteiger partial charge in [0.25, 0.3) is 0 Å². The fourth-order valence-corrected chi connectivity index (χ4v) is 12.2. The fraction of sp³-hybridized carbons (Fsp3) is 0.308. The number of hydrogen-bond acceptors (Lipinski definition) is 4. The molecule has 36 heavy (non-hydrogen) atoms. The molecule has 6 nitrogen and oxygen atoms in total. The van der Waals surface area contributed by atoms with Gasteiger partial charge in [-0.1, -0.05) is 0 Å². The number of halogens is 2. The van der Waals surface area contributed by atoms with E-state index in [4.69, 9.17) is 0 Å². The van der Waals surface area contributed by atoms with Gasteiger partial charge in [-0.2, -0.15) is 0 Å². The van der Waals surface area contributed by atoms with E-state index in [9.17, 15) is 20.2 Å². The summed E-state index contributed by atoms with van der Waals surface area (Å²) in [5, 5.41) is 23.9. The van der Waals surface area contributed by atoms with Crippen molar-refractivity contribution in [1.29, 1.82) is 0 Å². The number of rotatable bonds is 12. The molecule has 0 fully saturated rings. The summed E-state index contributed by atoms with van der Waals surface area (Å²) in [4.78, 5) is 21.1. The molecule has 0 heterocycles. The third-order valence-electron chi connectivity index (χ3n) is 5.75. The Balaban J connectivity index is 1.79. The maximum atomic E-state index is 10.9. The van der Waals surface area contributed by atoms with Crippen molar-refractivity contribution >= 4 is 82.1 Å². The molecule has 0 radical (unpaired) electrons. The molecule has 0 aromatic heterocycles. The summed E-state index contributed by atoms with van der Waals surface area (Å²) in [6.45, 7) is 4.39. The average molecular weight is 748 g/mol. The molecule has 0 amide bonds. The number of nitro benzene ring substituents is 2. The molecule has 0 unspecified atom stereocenters. The van der Waals surface area contributed by atoms with Gasteiger partial charge in [0.2, 0.25) is 0 Å². The number of benzene rings is 3. The van der Waals surface area contributed by atoms with Crippen molar-refractivity contribution < 1.29 is 9.85 Å². The Kier molecular flexibility index (Phi) is 11.2. The van der Waals surface area contributed by atoms with E-state index in [0.717, 1.165) is 56.4 Å². The number of non-ortho nitro benzene ring substituents is 2. The zero-order valence-electron chi connectivity index (χ0n) is 20.0. The molecule has 0 bridgehead atoms. The van der Waals surface area contributed by atoms with E-state index in [-0.39, 0.29) is 51.1 Å². The van der Waals surface area contributed by atoms with Crippen LogP contribution in [0.25, 0.3) is 0 Å². The first kappa shape index (κ1) is 29.0. The first-order valence-electron chi connectivity index (χ1n) is 11.5. The Hall–Kier alpha value is -1.54. The molecule has 0 spiro atoms. The Morgan fingerprint density at radius 3 is 1.28 bits per heavy atom. The number of aryl methyl sites for hydroxylation is 2. The Morgan fingerprint density at radius 2 is 1.00 bits per heavy atom. The van der Waals surface area contributed by atoms with Gasteiger partial charge in [0, 0.05) is 0 Å². The average Bonchev–Trinajstić information content (AvgIpc) is 2.87. The third kappa shape index (κ3) is 7.27. The molecule has 3 rings (SSSR count). The van der Waals surface area contributed by atoms with Crippen molar-refractivity contribution in [2.45, 2.75) is 50.2 Å². The van der Waals surface area contributed by atoms with Crippen LogP contribution in [0.4, 0.5) is 11.4 Å². The van der Waals surface area contributed by atoms with Crippen LogP contribution in [-0.2, 0) is 25.7 Å². The van der Waals surface area contributed by atoms with Crippen molar-refractivity contribution in [1.82, 2.24) is 0 Å². The molecule has 0 aliphatic carbocycles. The molecule has 0 N–H and O–H groups in total. The first-order chi connectivity index (χ1) is 17.3. The predicted molar refractivity (Wildman–Crippen MR) is 155 cm³/mol. The van der Waals surface area contributed by atoms with Crippen LogP contribution in [0.5, 0.6) is 0 Å². The molecule has 0 atom stereocenters. The van der Waals surface area contributed by atoms with E-state index < -0.39 is 0 Å². The molecule has 0 aliphatic heterocycles. The quantitative estimate of drug-likeness (QED) is 0.127. The second kappa shape index (κ2) is 13.8. The van der Waals surface area contributed by atoms with Gasteiger partial charge in [-0.05, 0) is 0 Å². The van der Waals surface area contributed by atoms with Crippen LogP contribution in [0.15, 0.2) is 57.5 Å². The first-order valence-corrected chi connectivity index (χ1v) is 17.2. The SMILES string of the molecule is CCc1c(Br)c(Br)c(CC)c([Se]CCc2ccc([N+](=O)[O-])cc2)c1[Se]CCc1ccc([N+](=O)[O-])cc1. The van der Waals surface area contributed by atoms with Gasteiger partial charge in [-0.3, -0.25) is 0 Å². The van der Waals surface area contributed by atoms with E-state index in [1.165, 1.54) is 20.1 Å². The molecule has 0 aliphatic rings. The number of nitro groups is 2. The zero-order valence-corrected chi connectivity index (χ0v) is 26.6. The van der Waals surface area contributed by atoms with Gasteiger partial charge in [-0.15, -0.1) is 0 Å². The van der Waals surface area contributed by atoms with Gasteiger partial charge in [0.15, 0.2) is 0 Å². The van der Waals surface area contributed by atoms with E-state index >= 15 is 0 Å². The van der Waals surface area contributed by atoms with E-state index in [1.54, 1.807) is 24.3 Å². The second-order valence-electron chi connectivity index (χ2n) is 7.99. The van der Waals surface area contributed by atoms with Crippen LogP contribution < -0.4 is 8.92 Å². The number of hydrogen-bond donors (Lipinski definition) is 0. The zero-order chi connectivity index (χ0) is 26.2. The molecular formula is C26H26Br2N2O4Se2. The van der Waals surface area contributed by atoms with Gasteiger partial charge in [0.05, 0.1) is 0 Å². The van der Waals surface area contributed by atoms with E-state index in [1.807, 2.05) is 24.3 Å². The predicted octanol–water partition coefficient (Wildman–Crippen LogP) is 6.13. The molecule has 0 saturated carbocycles. The molecule has 10 heteroatoms. The van der Waals surface area contributed by atoms with Gasteiger partial charge >= 0.3 is 242 Å². The van der Waals surface area contributed by atoms with Gasteiger partial charge < -0.3 is 0 Å². The number of nitrogens with zero attached hydrogens (tertiary/aromatic N) is 2. The van der Waals surface area contributed by atoms with Gasteiger partial charge in [0.1, 0.15) is 0 Å². The van der Waals surface area contributed by atoms with Gasteiger partial charge in [-0.25, -0.2) is 0 Å².